The second kappa shape index (κ2) is 5.10. The zero-order chi connectivity index (χ0) is 15.7. The van der Waals surface area contributed by atoms with Gasteiger partial charge in [-0.1, -0.05) is 6.07 Å². The van der Waals surface area contributed by atoms with Crippen molar-refractivity contribution in [1.82, 2.24) is 15.3 Å². The first kappa shape index (κ1) is 14.0. The van der Waals surface area contributed by atoms with Crippen molar-refractivity contribution in [3.05, 3.63) is 53.6 Å². The lowest BCUT2D eigenvalue weighted by molar-refractivity contribution is -0.144. The average molecular weight is 299 g/mol. The van der Waals surface area contributed by atoms with E-state index in [1.54, 1.807) is 18.3 Å². The summed E-state index contributed by atoms with van der Waals surface area (Å²) in [5.41, 5.74) is -0.240. The highest BCUT2D eigenvalue weighted by atomic mass is 16.4. The quantitative estimate of drug-likeness (QED) is 0.762. The molecule has 0 spiro atoms. The molecule has 0 saturated carbocycles. The summed E-state index contributed by atoms with van der Waals surface area (Å²) in [5.74, 6) is -2.17. The Morgan fingerprint density at radius 1 is 1.14 bits per heavy atom. The average Bonchev–Trinajstić information content (AvgIpc) is 2.87. The van der Waals surface area contributed by atoms with Gasteiger partial charge in [0.2, 0.25) is 0 Å². The molecular weight excluding hydrogens is 286 g/mol. The van der Waals surface area contributed by atoms with Crippen LogP contribution >= 0.6 is 0 Å². The molecule has 112 valence electrons. The van der Waals surface area contributed by atoms with E-state index in [2.05, 4.69) is 15.3 Å². The number of nitrogens with zero attached hydrogens (tertiary/aromatic N) is 2. The summed E-state index contributed by atoms with van der Waals surface area (Å²) in [4.78, 5) is 31.9. The maximum atomic E-state index is 12.3. The Labute approximate surface area is 125 Å². The van der Waals surface area contributed by atoms with Crippen LogP contribution in [0.15, 0.2) is 36.7 Å². The molecule has 0 aromatic carbocycles. The molecule has 7 nitrogen and oxygen atoms in total. The molecule has 1 aliphatic rings. The molecule has 0 aliphatic heterocycles. The smallest absolute Gasteiger partial charge is 0.330 e. The molecule has 1 amide bonds. The molecule has 0 fully saturated rings. The van der Waals surface area contributed by atoms with E-state index in [1.165, 1.54) is 18.3 Å². The summed E-state index contributed by atoms with van der Waals surface area (Å²) in [7, 11) is 0. The van der Waals surface area contributed by atoms with Crippen molar-refractivity contribution in [2.45, 2.75) is 18.4 Å². The first-order valence-corrected chi connectivity index (χ1v) is 6.64. The van der Waals surface area contributed by atoms with Crippen molar-refractivity contribution in [3.8, 4) is 5.75 Å². The molecule has 0 saturated heterocycles. The van der Waals surface area contributed by atoms with Crippen LogP contribution in [0.1, 0.15) is 21.7 Å². The first-order valence-electron chi connectivity index (χ1n) is 6.64. The molecule has 1 unspecified atom stereocenters. The number of carbonyl (C=O) groups is 2. The Morgan fingerprint density at radius 2 is 1.86 bits per heavy atom. The fraction of sp³-hybridized carbons (Fsp3) is 0.200. The molecule has 2 aromatic heterocycles. The molecule has 1 atom stereocenters. The number of pyridine rings is 2. The summed E-state index contributed by atoms with van der Waals surface area (Å²) in [6, 6.07) is 6.31. The number of nitrogens with one attached hydrogen (secondary N) is 1. The Kier molecular flexibility index (Phi) is 3.25. The van der Waals surface area contributed by atoms with Crippen LogP contribution in [0, 0.1) is 0 Å². The zero-order valence-electron chi connectivity index (χ0n) is 11.5. The van der Waals surface area contributed by atoms with Crippen LogP contribution in [0.5, 0.6) is 5.75 Å². The maximum absolute atomic E-state index is 12.3. The molecule has 22 heavy (non-hydrogen) atoms. The minimum atomic E-state index is -1.47. The van der Waals surface area contributed by atoms with Gasteiger partial charge in [0.25, 0.3) is 5.91 Å². The third kappa shape index (κ3) is 2.26. The highest BCUT2D eigenvalue weighted by molar-refractivity contribution is 5.98. The summed E-state index contributed by atoms with van der Waals surface area (Å²) in [6.45, 7) is 0. The molecular formula is C15H13N3O4. The lowest BCUT2D eigenvalue weighted by Crippen LogP contribution is -2.55. The minimum absolute atomic E-state index is 0.0951. The number of aromatic hydroxyl groups is 1. The SMILES string of the molecule is O=C(NC1(C(=O)O)Cc2cccnc2C1)c1ncccc1O. The summed E-state index contributed by atoms with van der Waals surface area (Å²) in [5, 5.41) is 21.7. The van der Waals surface area contributed by atoms with Crippen molar-refractivity contribution in [2.75, 3.05) is 0 Å². The third-order valence-electron chi connectivity index (χ3n) is 3.71. The number of rotatable bonds is 3. The fourth-order valence-electron chi connectivity index (χ4n) is 2.61. The van der Waals surface area contributed by atoms with Gasteiger partial charge in [-0.2, -0.15) is 0 Å². The predicted octanol–water partition coefficient (Wildman–Crippen LogP) is 0.534. The van der Waals surface area contributed by atoms with Gasteiger partial charge >= 0.3 is 5.97 Å². The van der Waals surface area contributed by atoms with E-state index in [0.29, 0.717) is 5.69 Å². The van der Waals surface area contributed by atoms with Crippen molar-refractivity contribution in [3.63, 3.8) is 0 Å². The lowest BCUT2D eigenvalue weighted by Gasteiger charge is -2.25. The molecule has 3 N–H and O–H groups in total. The van der Waals surface area contributed by atoms with Crippen LogP contribution in [-0.2, 0) is 17.6 Å². The lowest BCUT2D eigenvalue weighted by atomic mass is 9.95. The molecule has 7 heteroatoms. The van der Waals surface area contributed by atoms with Crippen LogP contribution in [-0.4, -0.2) is 37.6 Å². The Morgan fingerprint density at radius 3 is 2.55 bits per heavy atom. The van der Waals surface area contributed by atoms with Crippen LogP contribution in [0.2, 0.25) is 0 Å². The van der Waals surface area contributed by atoms with Gasteiger partial charge in [-0.25, -0.2) is 9.78 Å². The van der Waals surface area contributed by atoms with Crippen molar-refractivity contribution < 1.29 is 19.8 Å². The number of aliphatic carboxylic acids is 1. The maximum Gasteiger partial charge on any atom is 0.330 e. The summed E-state index contributed by atoms with van der Waals surface area (Å²) < 4.78 is 0. The van der Waals surface area contributed by atoms with E-state index in [-0.39, 0.29) is 24.3 Å². The Balaban J connectivity index is 1.90. The molecule has 1 aliphatic carbocycles. The van der Waals surface area contributed by atoms with Gasteiger partial charge in [0.15, 0.2) is 5.69 Å². The van der Waals surface area contributed by atoms with Crippen molar-refractivity contribution >= 4 is 11.9 Å². The second-order valence-corrected chi connectivity index (χ2v) is 5.18. The van der Waals surface area contributed by atoms with Crippen LogP contribution in [0.4, 0.5) is 0 Å². The first-order chi connectivity index (χ1) is 10.5. The van der Waals surface area contributed by atoms with Gasteiger partial charge in [0.05, 0.1) is 0 Å². The number of carboxylic acids is 1. The highest BCUT2D eigenvalue weighted by Gasteiger charge is 2.46. The number of hydrogen-bond donors (Lipinski definition) is 3. The van der Waals surface area contributed by atoms with E-state index in [0.717, 1.165) is 5.56 Å². The summed E-state index contributed by atoms with van der Waals surface area (Å²) in [6.07, 6.45) is 3.18. The van der Waals surface area contributed by atoms with Crippen LogP contribution in [0.3, 0.4) is 0 Å². The normalized spacial score (nSPS) is 19.5. The van der Waals surface area contributed by atoms with Crippen LogP contribution < -0.4 is 5.32 Å². The summed E-state index contributed by atoms with van der Waals surface area (Å²) >= 11 is 0. The number of hydrogen-bond acceptors (Lipinski definition) is 5. The van der Waals surface area contributed by atoms with Crippen molar-refractivity contribution in [1.29, 1.82) is 0 Å². The van der Waals surface area contributed by atoms with Gasteiger partial charge in [-0.15, -0.1) is 0 Å². The Hall–Kier alpha value is -2.96. The molecule has 2 aromatic rings. The number of aromatic nitrogens is 2. The highest BCUT2D eigenvalue weighted by Crippen LogP contribution is 2.29. The fourth-order valence-corrected chi connectivity index (χ4v) is 2.61. The molecule has 0 radical (unpaired) electrons. The molecule has 3 rings (SSSR count). The van der Waals surface area contributed by atoms with Gasteiger partial charge in [0, 0.05) is 30.9 Å². The van der Waals surface area contributed by atoms with E-state index < -0.39 is 17.4 Å². The van der Waals surface area contributed by atoms with Gasteiger partial charge in [-0.05, 0) is 23.8 Å². The van der Waals surface area contributed by atoms with E-state index in [4.69, 9.17) is 0 Å². The Bertz CT molecular complexity index is 735. The standard InChI is InChI=1S/C15H13N3O4/c19-11-4-2-6-17-12(11)13(20)18-15(14(21)22)7-9-3-1-5-16-10(9)8-15/h1-6,19H,7-8H2,(H,18,20)(H,21,22). The van der Waals surface area contributed by atoms with E-state index in [1.807, 2.05) is 0 Å². The largest absolute Gasteiger partial charge is 0.505 e. The van der Waals surface area contributed by atoms with Gasteiger partial charge in [0.1, 0.15) is 11.3 Å². The minimum Gasteiger partial charge on any atom is -0.505 e. The third-order valence-corrected chi connectivity index (χ3v) is 3.71. The van der Waals surface area contributed by atoms with E-state index >= 15 is 0 Å². The molecule has 0 bridgehead atoms. The van der Waals surface area contributed by atoms with Gasteiger partial charge < -0.3 is 15.5 Å². The monoisotopic (exact) mass is 299 g/mol. The second-order valence-electron chi connectivity index (χ2n) is 5.18. The van der Waals surface area contributed by atoms with E-state index in [9.17, 15) is 19.8 Å². The van der Waals surface area contributed by atoms with Crippen LogP contribution in [0.25, 0.3) is 0 Å². The van der Waals surface area contributed by atoms with Crippen molar-refractivity contribution in [2.24, 2.45) is 0 Å². The molecule has 2 heterocycles. The number of amides is 1. The number of fused-ring (bicyclic) bond motifs is 1. The number of carbonyl (C=O) groups excluding carboxylic acids is 1. The number of carboxylic acid groups (broad SMARTS) is 1. The zero-order valence-corrected chi connectivity index (χ0v) is 11.5. The predicted molar refractivity (Wildman–Crippen MR) is 75.4 cm³/mol. The van der Waals surface area contributed by atoms with Gasteiger partial charge in [-0.3, -0.25) is 9.78 Å². The topological polar surface area (TPSA) is 112 Å².